The van der Waals surface area contributed by atoms with Crippen molar-refractivity contribution in [1.82, 2.24) is 9.80 Å². The van der Waals surface area contributed by atoms with E-state index in [0.717, 1.165) is 49.0 Å². The van der Waals surface area contributed by atoms with E-state index in [-0.39, 0.29) is 17.6 Å². The fraction of sp³-hybridized carbons (Fsp3) is 0.393. The highest BCUT2D eigenvalue weighted by Crippen LogP contribution is 2.35. The van der Waals surface area contributed by atoms with Crippen LogP contribution in [0.15, 0.2) is 72.1 Å². The number of halogens is 1. The second-order valence-corrected chi connectivity index (χ2v) is 10.5. The van der Waals surface area contributed by atoms with Gasteiger partial charge >= 0.3 is 0 Å². The highest BCUT2D eigenvalue weighted by molar-refractivity contribution is 7.12. The molecule has 2 aromatic carbocycles. The zero-order chi connectivity index (χ0) is 22.6. The summed E-state index contributed by atoms with van der Waals surface area (Å²) in [5.74, 6) is 1.14. The van der Waals surface area contributed by atoms with Gasteiger partial charge in [0, 0.05) is 25.6 Å². The van der Waals surface area contributed by atoms with Gasteiger partial charge in [0.25, 0.3) is 5.91 Å². The van der Waals surface area contributed by atoms with E-state index < -0.39 is 0 Å². The molecule has 0 saturated carbocycles. The molecule has 0 spiro atoms. The molecule has 2 aliphatic rings. The third-order valence-corrected chi connectivity index (χ3v) is 8.16. The van der Waals surface area contributed by atoms with Gasteiger partial charge in [0.05, 0.1) is 4.88 Å². The van der Waals surface area contributed by atoms with Crippen LogP contribution >= 0.6 is 11.3 Å². The molecule has 5 heteroatoms. The van der Waals surface area contributed by atoms with Crippen molar-refractivity contribution in [3.8, 4) is 0 Å². The lowest BCUT2D eigenvalue weighted by Gasteiger charge is -2.34. The third-order valence-electron chi connectivity index (χ3n) is 7.30. The van der Waals surface area contributed by atoms with Crippen molar-refractivity contribution < 1.29 is 9.18 Å². The summed E-state index contributed by atoms with van der Waals surface area (Å²) in [7, 11) is 0. The SMILES string of the molecule is O=C(c1cccs1)N1C[C@@H](CN2CCC(Cc3ccccc3)CC2)[C@H](c2cccc(F)c2)C1. The largest absolute Gasteiger partial charge is 0.337 e. The summed E-state index contributed by atoms with van der Waals surface area (Å²) < 4.78 is 14.0. The molecule has 2 saturated heterocycles. The highest BCUT2D eigenvalue weighted by Gasteiger charge is 2.38. The Morgan fingerprint density at radius 3 is 2.52 bits per heavy atom. The fourth-order valence-electron chi connectivity index (χ4n) is 5.55. The van der Waals surface area contributed by atoms with Crippen molar-refractivity contribution in [2.45, 2.75) is 25.2 Å². The van der Waals surface area contributed by atoms with E-state index in [1.54, 1.807) is 12.1 Å². The molecule has 3 nitrogen and oxygen atoms in total. The number of hydrogen-bond acceptors (Lipinski definition) is 3. The molecule has 2 fully saturated rings. The van der Waals surface area contributed by atoms with Gasteiger partial charge in [-0.1, -0.05) is 48.5 Å². The van der Waals surface area contributed by atoms with Gasteiger partial charge in [-0.15, -0.1) is 11.3 Å². The predicted octanol–water partition coefficient (Wildman–Crippen LogP) is 5.70. The van der Waals surface area contributed by atoms with Crippen molar-refractivity contribution in [1.29, 1.82) is 0 Å². The van der Waals surface area contributed by atoms with E-state index in [0.29, 0.717) is 12.5 Å². The average Bonchev–Trinajstić information content (AvgIpc) is 3.51. The number of benzene rings is 2. The summed E-state index contributed by atoms with van der Waals surface area (Å²) in [4.78, 5) is 18.4. The van der Waals surface area contributed by atoms with Crippen molar-refractivity contribution in [3.05, 3.63) is 93.9 Å². The lowest BCUT2D eigenvalue weighted by atomic mass is 9.86. The smallest absolute Gasteiger partial charge is 0.263 e. The lowest BCUT2D eigenvalue weighted by Crippen LogP contribution is -2.39. The van der Waals surface area contributed by atoms with Gasteiger partial charge in [-0.05, 0) is 78.9 Å². The Bertz CT molecular complexity index is 1050. The van der Waals surface area contributed by atoms with Crippen LogP contribution in [0.25, 0.3) is 0 Å². The number of hydrogen-bond donors (Lipinski definition) is 0. The summed E-state index contributed by atoms with van der Waals surface area (Å²) in [6.45, 7) is 4.57. The van der Waals surface area contributed by atoms with E-state index in [1.807, 2.05) is 28.5 Å². The minimum absolute atomic E-state index is 0.107. The molecule has 3 aromatic rings. The van der Waals surface area contributed by atoms with Gasteiger partial charge in [-0.2, -0.15) is 0 Å². The molecule has 172 valence electrons. The van der Waals surface area contributed by atoms with Gasteiger partial charge in [0.1, 0.15) is 5.82 Å². The van der Waals surface area contributed by atoms with Crippen LogP contribution < -0.4 is 0 Å². The van der Waals surface area contributed by atoms with Crippen LogP contribution in [0.2, 0.25) is 0 Å². The second kappa shape index (κ2) is 10.2. The number of piperidine rings is 1. The first-order valence-electron chi connectivity index (χ1n) is 12.0. The summed E-state index contributed by atoms with van der Waals surface area (Å²) in [6, 6.07) is 21.6. The van der Waals surface area contributed by atoms with Crippen molar-refractivity contribution in [3.63, 3.8) is 0 Å². The topological polar surface area (TPSA) is 23.6 Å². The number of carbonyl (C=O) groups is 1. The monoisotopic (exact) mass is 462 g/mol. The maximum atomic E-state index is 14.0. The Labute approximate surface area is 199 Å². The third kappa shape index (κ3) is 5.36. The first kappa shape index (κ1) is 22.3. The number of amides is 1. The van der Waals surface area contributed by atoms with Crippen molar-refractivity contribution in [2.24, 2.45) is 11.8 Å². The lowest BCUT2D eigenvalue weighted by molar-refractivity contribution is 0.0785. The number of nitrogens with zero attached hydrogens (tertiary/aromatic N) is 2. The van der Waals surface area contributed by atoms with Crippen molar-refractivity contribution >= 4 is 17.2 Å². The first-order valence-corrected chi connectivity index (χ1v) is 12.9. The van der Waals surface area contributed by atoms with Gasteiger partial charge in [-0.3, -0.25) is 4.79 Å². The van der Waals surface area contributed by atoms with Crippen LogP contribution in [0.3, 0.4) is 0 Å². The molecule has 0 radical (unpaired) electrons. The van der Waals surface area contributed by atoms with Crippen LogP contribution in [-0.2, 0) is 6.42 Å². The van der Waals surface area contributed by atoms with Gasteiger partial charge in [-0.25, -0.2) is 4.39 Å². The summed E-state index contributed by atoms with van der Waals surface area (Å²) in [5, 5.41) is 1.95. The Morgan fingerprint density at radius 1 is 0.970 bits per heavy atom. The molecule has 0 aliphatic carbocycles. The number of rotatable bonds is 6. The highest BCUT2D eigenvalue weighted by atomic mass is 32.1. The number of likely N-dealkylation sites (tertiary alicyclic amines) is 2. The van der Waals surface area contributed by atoms with E-state index in [2.05, 4.69) is 35.2 Å². The van der Waals surface area contributed by atoms with Crippen LogP contribution in [0.5, 0.6) is 0 Å². The number of carbonyl (C=O) groups excluding carboxylic acids is 1. The van der Waals surface area contributed by atoms with Crippen LogP contribution in [0, 0.1) is 17.7 Å². The molecular formula is C28H31FN2OS. The van der Waals surface area contributed by atoms with E-state index in [9.17, 15) is 9.18 Å². The molecule has 2 atom stereocenters. The quantitative estimate of drug-likeness (QED) is 0.469. The maximum Gasteiger partial charge on any atom is 0.263 e. The maximum absolute atomic E-state index is 14.0. The van der Waals surface area contributed by atoms with E-state index in [4.69, 9.17) is 0 Å². The Balaban J connectivity index is 1.24. The predicted molar refractivity (Wildman–Crippen MR) is 132 cm³/mol. The summed E-state index contributed by atoms with van der Waals surface area (Å²) >= 11 is 1.49. The molecule has 3 heterocycles. The van der Waals surface area contributed by atoms with Gasteiger partial charge in [0.15, 0.2) is 0 Å². The second-order valence-electron chi connectivity index (χ2n) is 9.54. The van der Waals surface area contributed by atoms with E-state index in [1.165, 1.54) is 35.8 Å². The minimum atomic E-state index is -0.198. The molecule has 33 heavy (non-hydrogen) atoms. The fourth-order valence-corrected chi connectivity index (χ4v) is 6.24. The van der Waals surface area contributed by atoms with Crippen LogP contribution in [0.1, 0.15) is 39.6 Å². The molecule has 2 aliphatic heterocycles. The summed E-state index contributed by atoms with van der Waals surface area (Å²) in [5.41, 5.74) is 2.45. The Hall–Kier alpha value is -2.50. The van der Waals surface area contributed by atoms with Crippen molar-refractivity contribution in [2.75, 3.05) is 32.7 Å². The molecule has 1 amide bonds. The average molecular weight is 463 g/mol. The molecule has 1 aromatic heterocycles. The standard InChI is InChI=1S/C28H31FN2OS/c29-25-9-4-8-23(17-25)26-20-31(28(32)27-10-5-15-33-27)19-24(26)18-30-13-11-22(12-14-30)16-21-6-2-1-3-7-21/h1-10,15,17,22,24,26H,11-14,16,18-20H2/t24-,26+/m1/s1. The van der Waals surface area contributed by atoms with Crippen LogP contribution in [0.4, 0.5) is 4.39 Å². The zero-order valence-corrected chi connectivity index (χ0v) is 19.7. The molecule has 0 unspecified atom stereocenters. The molecule has 0 N–H and O–H groups in total. The molecular weight excluding hydrogens is 431 g/mol. The Morgan fingerprint density at radius 2 is 1.79 bits per heavy atom. The Kier molecular flexibility index (Phi) is 6.88. The summed E-state index contributed by atoms with van der Waals surface area (Å²) in [6.07, 6.45) is 3.58. The van der Waals surface area contributed by atoms with Crippen LogP contribution in [-0.4, -0.2) is 48.4 Å². The van der Waals surface area contributed by atoms with E-state index >= 15 is 0 Å². The van der Waals surface area contributed by atoms with Gasteiger partial charge in [0.2, 0.25) is 0 Å². The molecule has 5 rings (SSSR count). The molecule has 0 bridgehead atoms. The minimum Gasteiger partial charge on any atom is -0.337 e. The number of thiophene rings is 1. The zero-order valence-electron chi connectivity index (χ0n) is 18.9. The van der Waals surface area contributed by atoms with Gasteiger partial charge < -0.3 is 9.80 Å². The first-order chi connectivity index (χ1) is 16.2. The normalized spacial score (nSPS) is 22.0.